The van der Waals surface area contributed by atoms with Crippen molar-refractivity contribution in [2.75, 3.05) is 13.1 Å². The first-order valence-corrected chi connectivity index (χ1v) is 10.4. The lowest BCUT2D eigenvalue weighted by atomic mass is 10.0. The van der Waals surface area contributed by atoms with Crippen molar-refractivity contribution in [2.45, 2.75) is 52.2 Å². The van der Waals surface area contributed by atoms with Crippen molar-refractivity contribution in [1.29, 1.82) is 5.26 Å². The predicted octanol–water partition coefficient (Wildman–Crippen LogP) is 4.25. The van der Waals surface area contributed by atoms with E-state index >= 15 is 0 Å². The van der Waals surface area contributed by atoms with E-state index in [9.17, 15) is 10.1 Å². The summed E-state index contributed by atoms with van der Waals surface area (Å²) in [5, 5.41) is 14.2. The predicted molar refractivity (Wildman–Crippen MR) is 116 cm³/mol. The fourth-order valence-electron chi connectivity index (χ4n) is 3.85. The van der Waals surface area contributed by atoms with E-state index in [1.165, 1.54) is 0 Å². The standard InChI is InChI=1S/C23H26N6O2/c1-15-5-6-19-21(27-15)20(16(11-24)12-25-19)17-13-26-29(14-17)18-7-9-28(10-8-18)22(30)31-23(2,3)4/h5-6,12-14,18H,7-10H2,1-4H3. The molecule has 0 atom stereocenters. The molecule has 31 heavy (non-hydrogen) atoms. The van der Waals surface area contributed by atoms with Crippen LogP contribution in [0.4, 0.5) is 4.79 Å². The van der Waals surface area contributed by atoms with Gasteiger partial charge < -0.3 is 9.64 Å². The number of aryl methyl sites for hydroxylation is 1. The fraction of sp³-hybridized carbons (Fsp3) is 0.435. The van der Waals surface area contributed by atoms with Crippen LogP contribution in [-0.2, 0) is 4.74 Å². The van der Waals surface area contributed by atoms with Crippen LogP contribution >= 0.6 is 0 Å². The van der Waals surface area contributed by atoms with Crippen molar-refractivity contribution in [3.8, 4) is 17.2 Å². The Balaban J connectivity index is 1.56. The van der Waals surface area contributed by atoms with Gasteiger partial charge in [-0.3, -0.25) is 14.6 Å². The number of fused-ring (bicyclic) bond motifs is 1. The fourth-order valence-corrected chi connectivity index (χ4v) is 3.85. The Morgan fingerprint density at radius 3 is 2.65 bits per heavy atom. The third-order valence-corrected chi connectivity index (χ3v) is 5.35. The monoisotopic (exact) mass is 418 g/mol. The number of piperidine rings is 1. The van der Waals surface area contributed by atoms with Gasteiger partial charge >= 0.3 is 6.09 Å². The van der Waals surface area contributed by atoms with Gasteiger partial charge in [-0.05, 0) is 52.7 Å². The van der Waals surface area contributed by atoms with E-state index in [2.05, 4.69) is 21.1 Å². The van der Waals surface area contributed by atoms with E-state index in [1.54, 1.807) is 17.3 Å². The molecule has 8 heteroatoms. The molecular formula is C23H26N6O2. The third-order valence-electron chi connectivity index (χ3n) is 5.35. The SMILES string of the molecule is Cc1ccc2ncc(C#N)c(-c3cnn(C4CCN(C(=O)OC(C)(C)C)CC4)c3)c2n1. The number of aromatic nitrogens is 4. The molecule has 1 aliphatic rings. The molecule has 4 heterocycles. The zero-order chi connectivity index (χ0) is 22.2. The number of hydrogen-bond donors (Lipinski definition) is 0. The van der Waals surface area contributed by atoms with Gasteiger partial charge in [0.25, 0.3) is 0 Å². The Morgan fingerprint density at radius 1 is 1.23 bits per heavy atom. The Morgan fingerprint density at radius 2 is 1.97 bits per heavy atom. The topological polar surface area (TPSA) is 96.9 Å². The number of rotatable bonds is 2. The van der Waals surface area contributed by atoms with Crippen LogP contribution in [0, 0.1) is 18.3 Å². The molecule has 1 saturated heterocycles. The van der Waals surface area contributed by atoms with Gasteiger partial charge in [-0.2, -0.15) is 10.4 Å². The average Bonchev–Trinajstić information content (AvgIpc) is 3.21. The van der Waals surface area contributed by atoms with Crippen molar-refractivity contribution in [1.82, 2.24) is 24.6 Å². The maximum atomic E-state index is 12.3. The molecule has 0 radical (unpaired) electrons. The summed E-state index contributed by atoms with van der Waals surface area (Å²) in [6.45, 7) is 8.78. The van der Waals surface area contributed by atoms with Crippen LogP contribution in [0.1, 0.15) is 50.9 Å². The summed E-state index contributed by atoms with van der Waals surface area (Å²) < 4.78 is 7.41. The van der Waals surface area contributed by atoms with Crippen LogP contribution in [0.3, 0.4) is 0 Å². The largest absolute Gasteiger partial charge is 0.444 e. The Hall–Kier alpha value is -3.47. The van der Waals surface area contributed by atoms with Gasteiger partial charge in [0.05, 0.1) is 28.8 Å². The molecule has 0 saturated carbocycles. The third kappa shape index (κ3) is 4.36. The van der Waals surface area contributed by atoms with Crippen molar-refractivity contribution in [3.63, 3.8) is 0 Å². The van der Waals surface area contributed by atoms with E-state index in [4.69, 9.17) is 4.74 Å². The molecule has 0 unspecified atom stereocenters. The number of nitriles is 1. The summed E-state index contributed by atoms with van der Waals surface area (Å²) in [5.41, 5.74) is 3.90. The number of pyridine rings is 2. The zero-order valence-corrected chi connectivity index (χ0v) is 18.3. The molecule has 160 valence electrons. The summed E-state index contributed by atoms with van der Waals surface area (Å²) in [6.07, 6.45) is 6.65. The quantitative estimate of drug-likeness (QED) is 0.617. The molecule has 1 amide bonds. The molecule has 8 nitrogen and oxygen atoms in total. The van der Waals surface area contributed by atoms with E-state index in [0.717, 1.165) is 35.2 Å². The first-order valence-electron chi connectivity index (χ1n) is 10.4. The van der Waals surface area contributed by atoms with Crippen molar-refractivity contribution < 1.29 is 9.53 Å². The summed E-state index contributed by atoms with van der Waals surface area (Å²) in [6, 6.07) is 6.24. The van der Waals surface area contributed by atoms with Crippen LogP contribution in [0.25, 0.3) is 22.2 Å². The highest BCUT2D eigenvalue weighted by Crippen LogP contribution is 2.31. The molecule has 0 spiro atoms. The normalized spacial score (nSPS) is 15.1. The summed E-state index contributed by atoms with van der Waals surface area (Å²) in [4.78, 5) is 23.1. The van der Waals surface area contributed by atoms with Gasteiger partial charge in [-0.25, -0.2) is 4.79 Å². The van der Waals surface area contributed by atoms with Crippen LogP contribution in [0.2, 0.25) is 0 Å². The maximum Gasteiger partial charge on any atom is 0.410 e. The van der Waals surface area contributed by atoms with Crippen molar-refractivity contribution in [2.24, 2.45) is 0 Å². The average molecular weight is 419 g/mol. The zero-order valence-electron chi connectivity index (χ0n) is 18.3. The van der Waals surface area contributed by atoms with E-state index in [1.807, 2.05) is 50.7 Å². The lowest BCUT2D eigenvalue weighted by Gasteiger charge is -2.33. The van der Waals surface area contributed by atoms with Gasteiger partial charge in [0.1, 0.15) is 11.7 Å². The molecule has 0 aliphatic carbocycles. The van der Waals surface area contributed by atoms with Crippen LogP contribution in [0.15, 0.2) is 30.7 Å². The minimum absolute atomic E-state index is 0.181. The molecule has 0 bridgehead atoms. The highest BCUT2D eigenvalue weighted by molar-refractivity contribution is 5.94. The molecule has 1 aliphatic heterocycles. The number of ether oxygens (including phenoxy) is 1. The Labute approximate surface area is 181 Å². The smallest absolute Gasteiger partial charge is 0.410 e. The molecule has 4 rings (SSSR count). The van der Waals surface area contributed by atoms with Crippen molar-refractivity contribution >= 4 is 17.1 Å². The molecule has 0 aromatic carbocycles. The summed E-state index contributed by atoms with van der Waals surface area (Å²) in [5.74, 6) is 0. The van der Waals surface area contributed by atoms with Gasteiger partial charge in [-0.15, -0.1) is 0 Å². The van der Waals surface area contributed by atoms with Crippen LogP contribution < -0.4 is 0 Å². The lowest BCUT2D eigenvalue weighted by Crippen LogP contribution is -2.42. The molecule has 1 fully saturated rings. The van der Waals surface area contributed by atoms with E-state index in [0.29, 0.717) is 24.2 Å². The number of hydrogen-bond acceptors (Lipinski definition) is 6. The Kier molecular flexibility index (Phi) is 5.36. The summed E-state index contributed by atoms with van der Waals surface area (Å²) in [7, 11) is 0. The molecular weight excluding hydrogens is 392 g/mol. The van der Waals surface area contributed by atoms with Gasteiger partial charge in [0, 0.05) is 42.3 Å². The molecule has 3 aromatic rings. The second-order valence-electron chi connectivity index (χ2n) is 8.89. The molecule has 0 N–H and O–H groups in total. The number of nitrogens with zero attached hydrogens (tertiary/aromatic N) is 6. The number of carbonyl (C=O) groups is 1. The minimum Gasteiger partial charge on any atom is -0.444 e. The van der Waals surface area contributed by atoms with Gasteiger partial charge in [0.15, 0.2) is 0 Å². The lowest BCUT2D eigenvalue weighted by molar-refractivity contribution is 0.0185. The van der Waals surface area contributed by atoms with Gasteiger partial charge in [0.2, 0.25) is 0 Å². The highest BCUT2D eigenvalue weighted by Gasteiger charge is 2.28. The summed E-state index contributed by atoms with van der Waals surface area (Å²) >= 11 is 0. The second kappa shape index (κ2) is 7.99. The minimum atomic E-state index is -0.497. The number of amides is 1. The van der Waals surface area contributed by atoms with E-state index in [-0.39, 0.29) is 12.1 Å². The Bertz CT molecular complexity index is 1160. The first kappa shape index (κ1) is 20.8. The highest BCUT2D eigenvalue weighted by atomic mass is 16.6. The van der Waals surface area contributed by atoms with Crippen LogP contribution in [0.5, 0.6) is 0 Å². The van der Waals surface area contributed by atoms with E-state index < -0.39 is 5.60 Å². The number of carbonyl (C=O) groups excluding carboxylic acids is 1. The van der Waals surface area contributed by atoms with Crippen LogP contribution in [-0.4, -0.2) is 49.4 Å². The maximum absolute atomic E-state index is 12.3. The second-order valence-corrected chi connectivity index (χ2v) is 8.89. The first-order chi connectivity index (χ1) is 14.7. The molecule has 3 aromatic heterocycles. The number of likely N-dealkylation sites (tertiary alicyclic amines) is 1. The van der Waals surface area contributed by atoms with Crippen molar-refractivity contribution in [3.05, 3.63) is 42.0 Å². The van der Waals surface area contributed by atoms with Gasteiger partial charge in [-0.1, -0.05) is 0 Å².